The molecule has 20 heavy (non-hydrogen) atoms. The molecular weight excluding hydrogens is 259 g/mol. The van der Waals surface area contributed by atoms with E-state index in [1.165, 1.54) is 19.2 Å². The highest BCUT2D eigenvalue weighted by Gasteiger charge is 2.43. The van der Waals surface area contributed by atoms with E-state index in [-0.39, 0.29) is 12.0 Å². The second kappa shape index (κ2) is 7.39. The van der Waals surface area contributed by atoms with Crippen LogP contribution in [0.3, 0.4) is 0 Å². The van der Waals surface area contributed by atoms with Crippen molar-refractivity contribution in [2.24, 2.45) is 5.92 Å². The van der Waals surface area contributed by atoms with Crippen molar-refractivity contribution in [2.75, 3.05) is 7.11 Å². The van der Waals surface area contributed by atoms with Gasteiger partial charge in [0.25, 0.3) is 0 Å². The molecule has 1 aromatic carbocycles. The van der Waals surface area contributed by atoms with Gasteiger partial charge >= 0.3 is 5.97 Å². The quantitative estimate of drug-likeness (QED) is 0.780. The molecule has 0 amide bonds. The van der Waals surface area contributed by atoms with Crippen molar-refractivity contribution >= 4 is 5.97 Å². The zero-order chi connectivity index (χ0) is 15.2. The van der Waals surface area contributed by atoms with Crippen LogP contribution in [0.5, 0.6) is 0 Å². The minimum Gasteiger partial charge on any atom is -0.469 e. The molecular formula is C16H23FO3. The van der Waals surface area contributed by atoms with E-state index < -0.39 is 23.3 Å². The van der Waals surface area contributed by atoms with Gasteiger partial charge in [0.1, 0.15) is 11.4 Å². The van der Waals surface area contributed by atoms with Crippen molar-refractivity contribution < 1.29 is 19.0 Å². The van der Waals surface area contributed by atoms with Crippen molar-refractivity contribution in [3.8, 4) is 0 Å². The Labute approximate surface area is 119 Å². The van der Waals surface area contributed by atoms with Crippen LogP contribution in [0.1, 0.15) is 45.1 Å². The fourth-order valence-electron chi connectivity index (χ4n) is 2.54. The molecule has 2 unspecified atom stereocenters. The van der Waals surface area contributed by atoms with Gasteiger partial charge in [0.2, 0.25) is 0 Å². The van der Waals surface area contributed by atoms with Crippen LogP contribution in [0, 0.1) is 11.7 Å². The number of carbonyl (C=O) groups is 1. The van der Waals surface area contributed by atoms with Crippen LogP contribution in [0.4, 0.5) is 4.39 Å². The maximum atomic E-state index is 14.0. The Morgan fingerprint density at radius 3 is 2.55 bits per heavy atom. The largest absolute Gasteiger partial charge is 0.469 e. The maximum absolute atomic E-state index is 14.0. The molecule has 0 fully saturated rings. The van der Waals surface area contributed by atoms with Crippen LogP contribution in [-0.4, -0.2) is 18.2 Å². The lowest BCUT2D eigenvalue weighted by atomic mass is 9.76. The monoisotopic (exact) mass is 282 g/mol. The van der Waals surface area contributed by atoms with Crippen LogP contribution in [-0.2, 0) is 15.1 Å². The van der Waals surface area contributed by atoms with Crippen LogP contribution in [0.25, 0.3) is 0 Å². The summed E-state index contributed by atoms with van der Waals surface area (Å²) in [6.45, 7) is 3.75. The Bertz CT molecular complexity index is 447. The average Bonchev–Trinajstić information content (AvgIpc) is 2.47. The Morgan fingerprint density at radius 1 is 1.40 bits per heavy atom. The Hall–Kier alpha value is -1.42. The minimum atomic E-state index is -1.53. The first kappa shape index (κ1) is 16.6. The molecule has 0 aliphatic carbocycles. The van der Waals surface area contributed by atoms with E-state index in [4.69, 9.17) is 4.74 Å². The highest BCUT2D eigenvalue weighted by molar-refractivity contribution is 5.74. The summed E-state index contributed by atoms with van der Waals surface area (Å²) in [6.07, 6.45) is 2.39. The molecule has 0 heterocycles. The van der Waals surface area contributed by atoms with E-state index in [2.05, 4.69) is 0 Å². The highest BCUT2D eigenvalue weighted by Crippen LogP contribution is 2.38. The summed E-state index contributed by atoms with van der Waals surface area (Å²) in [5.74, 6) is -1.75. The van der Waals surface area contributed by atoms with Gasteiger partial charge in [0.05, 0.1) is 13.0 Å². The summed E-state index contributed by atoms with van der Waals surface area (Å²) >= 11 is 0. The molecule has 0 saturated carbocycles. The van der Waals surface area contributed by atoms with Gasteiger partial charge < -0.3 is 9.84 Å². The number of halogens is 1. The molecule has 2 atom stereocenters. The molecule has 0 aliphatic heterocycles. The Balaban J connectivity index is 3.22. The molecule has 1 rings (SSSR count). The number of hydrogen-bond donors (Lipinski definition) is 1. The molecule has 1 aromatic rings. The summed E-state index contributed by atoms with van der Waals surface area (Å²) in [5.41, 5.74) is -1.37. The normalized spacial score (nSPS) is 15.4. The number of carbonyl (C=O) groups excluding carboxylic acids is 1. The number of methoxy groups -OCH3 is 1. The minimum absolute atomic E-state index is 0.161. The van der Waals surface area contributed by atoms with Crippen molar-refractivity contribution in [3.63, 3.8) is 0 Å². The third-order valence-corrected chi connectivity index (χ3v) is 3.79. The number of hydrogen-bond acceptors (Lipinski definition) is 3. The molecule has 0 radical (unpaired) electrons. The third-order valence-electron chi connectivity index (χ3n) is 3.79. The molecule has 1 N–H and O–H groups in total. The summed E-state index contributed by atoms with van der Waals surface area (Å²) in [6, 6.07) is 6.05. The summed E-state index contributed by atoms with van der Waals surface area (Å²) in [4.78, 5) is 12.0. The average molecular weight is 282 g/mol. The standard InChI is InChI=1S/C16H23FO3/c1-4-6-9-13(15(18)20-3)16(19,5-2)12-10-7-8-11-14(12)17/h7-8,10-11,13,19H,4-6,9H2,1-3H3. The van der Waals surface area contributed by atoms with Gasteiger partial charge in [0, 0.05) is 5.56 Å². The van der Waals surface area contributed by atoms with Crippen LogP contribution < -0.4 is 0 Å². The van der Waals surface area contributed by atoms with Crippen molar-refractivity contribution in [2.45, 2.75) is 45.1 Å². The summed E-state index contributed by atoms with van der Waals surface area (Å²) in [5, 5.41) is 10.9. The van der Waals surface area contributed by atoms with Gasteiger partial charge in [-0.1, -0.05) is 44.9 Å². The first-order chi connectivity index (χ1) is 9.51. The predicted molar refractivity (Wildman–Crippen MR) is 75.6 cm³/mol. The first-order valence-electron chi connectivity index (χ1n) is 7.06. The topological polar surface area (TPSA) is 46.5 Å². The number of aliphatic hydroxyl groups is 1. The third kappa shape index (κ3) is 3.37. The number of unbranched alkanes of at least 4 members (excludes halogenated alkanes) is 1. The molecule has 0 saturated heterocycles. The molecule has 4 heteroatoms. The zero-order valence-electron chi connectivity index (χ0n) is 12.4. The second-order valence-corrected chi connectivity index (χ2v) is 4.98. The lowest BCUT2D eigenvalue weighted by Crippen LogP contribution is -2.40. The molecule has 0 bridgehead atoms. The zero-order valence-corrected chi connectivity index (χ0v) is 12.4. The Morgan fingerprint density at radius 2 is 2.05 bits per heavy atom. The molecule has 112 valence electrons. The van der Waals surface area contributed by atoms with Gasteiger partial charge in [-0.25, -0.2) is 4.39 Å². The lowest BCUT2D eigenvalue weighted by molar-refractivity contribution is -0.158. The number of esters is 1. The van der Waals surface area contributed by atoms with Gasteiger partial charge in [-0.05, 0) is 18.9 Å². The fraction of sp³-hybridized carbons (Fsp3) is 0.562. The predicted octanol–water partition coefficient (Wildman–Crippen LogP) is 3.40. The van der Waals surface area contributed by atoms with E-state index in [1.54, 1.807) is 19.1 Å². The number of rotatable bonds is 7. The van der Waals surface area contributed by atoms with E-state index in [9.17, 15) is 14.3 Å². The maximum Gasteiger partial charge on any atom is 0.311 e. The van der Waals surface area contributed by atoms with E-state index in [1.807, 2.05) is 6.92 Å². The van der Waals surface area contributed by atoms with Crippen LogP contribution in [0.15, 0.2) is 24.3 Å². The van der Waals surface area contributed by atoms with Crippen molar-refractivity contribution in [1.82, 2.24) is 0 Å². The molecule has 0 aromatic heterocycles. The van der Waals surface area contributed by atoms with Gasteiger partial charge in [-0.15, -0.1) is 0 Å². The summed E-state index contributed by atoms with van der Waals surface area (Å²) in [7, 11) is 1.29. The SMILES string of the molecule is CCCCC(C(=O)OC)C(O)(CC)c1ccccc1F. The smallest absolute Gasteiger partial charge is 0.311 e. The summed E-state index contributed by atoms with van der Waals surface area (Å²) < 4.78 is 18.8. The van der Waals surface area contributed by atoms with Gasteiger partial charge in [-0.3, -0.25) is 4.79 Å². The van der Waals surface area contributed by atoms with E-state index in [0.717, 1.165) is 12.8 Å². The fourth-order valence-corrected chi connectivity index (χ4v) is 2.54. The van der Waals surface area contributed by atoms with Crippen LogP contribution >= 0.6 is 0 Å². The van der Waals surface area contributed by atoms with E-state index >= 15 is 0 Å². The lowest BCUT2D eigenvalue weighted by Gasteiger charge is -2.34. The molecule has 0 spiro atoms. The number of ether oxygens (including phenoxy) is 1. The van der Waals surface area contributed by atoms with Crippen molar-refractivity contribution in [3.05, 3.63) is 35.6 Å². The second-order valence-electron chi connectivity index (χ2n) is 4.98. The highest BCUT2D eigenvalue weighted by atomic mass is 19.1. The van der Waals surface area contributed by atoms with Gasteiger partial charge in [0.15, 0.2) is 0 Å². The molecule has 3 nitrogen and oxygen atoms in total. The molecule has 0 aliphatic rings. The Kier molecular flexibility index (Phi) is 6.14. The first-order valence-corrected chi connectivity index (χ1v) is 7.06. The van der Waals surface area contributed by atoms with E-state index in [0.29, 0.717) is 6.42 Å². The van der Waals surface area contributed by atoms with Gasteiger partial charge in [-0.2, -0.15) is 0 Å². The van der Waals surface area contributed by atoms with Crippen LogP contribution in [0.2, 0.25) is 0 Å². The number of benzene rings is 1. The van der Waals surface area contributed by atoms with Crippen molar-refractivity contribution in [1.29, 1.82) is 0 Å².